The van der Waals surface area contributed by atoms with Gasteiger partial charge < -0.3 is 14.9 Å². The fourth-order valence-corrected chi connectivity index (χ4v) is 3.09. The third-order valence-corrected chi connectivity index (χ3v) is 4.15. The molecule has 0 fully saturated rings. The highest BCUT2D eigenvalue weighted by atomic mass is 32.2. The molecule has 0 aromatic carbocycles. The number of likely N-dealkylation sites (N-methyl/N-ethyl adjacent to an activating group) is 1. The van der Waals surface area contributed by atoms with Crippen molar-refractivity contribution in [1.82, 2.24) is 15.2 Å². The first-order valence-corrected chi connectivity index (χ1v) is 7.16. The third kappa shape index (κ3) is 3.75. The number of hydrogen-bond donors (Lipinski definition) is 3. The molecule has 1 aromatic heterocycles. The molecule has 1 rings (SSSR count). The Morgan fingerprint density at radius 3 is 2.53 bits per heavy atom. The normalized spacial score (nSPS) is 13.4. The van der Waals surface area contributed by atoms with Gasteiger partial charge in [0.2, 0.25) is 10.0 Å². The first-order valence-electron chi connectivity index (χ1n) is 5.68. The summed E-state index contributed by atoms with van der Waals surface area (Å²) in [5.74, 6) is -1.13. The molecule has 0 unspecified atom stereocenters. The van der Waals surface area contributed by atoms with E-state index in [1.807, 2.05) is 0 Å². The molecule has 0 spiro atoms. The molecule has 0 bridgehead atoms. The van der Waals surface area contributed by atoms with E-state index in [2.05, 4.69) is 15.2 Å². The second-order valence-corrected chi connectivity index (χ2v) is 5.62. The van der Waals surface area contributed by atoms with E-state index in [4.69, 9.17) is 9.63 Å². The molecule has 1 atom stereocenters. The van der Waals surface area contributed by atoms with E-state index in [9.17, 15) is 13.2 Å². The Morgan fingerprint density at radius 1 is 1.47 bits per heavy atom. The molecular formula is C10H17N3O5S. The molecule has 0 aliphatic carbocycles. The lowest BCUT2D eigenvalue weighted by molar-refractivity contribution is -0.138. The summed E-state index contributed by atoms with van der Waals surface area (Å²) >= 11 is 0. The molecule has 1 heterocycles. The minimum absolute atomic E-state index is 0.00552. The van der Waals surface area contributed by atoms with Gasteiger partial charge in [0.15, 0.2) is 5.76 Å². The molecule has 1 aromatic rings. The van der Waals surface area contributed by atoms with Crippen LogP contribution in [-0.4, -0.2) is 43.8 Å². The first-order chi connectivity index (χ1) is 8.79. The van der Waals surface area contributed by atoms with Gasteiger partial charge in [0, 0.05) is 6.54 Å². The highest BCUT2D eigenvalue weighted by molar-refractivity contribution is 7.89. The molecule has 0 saturated carbocycles. The smallest absolute Gasteiger partial charge is 0.323 e. The SMILES string of the molecule is CCNC[C@H](NS(=O)(=O)c1c(C)noc1C)C(=O)O. The zero-order chi connectivity index (χ0) is 14.6. The highest BCUT2D eigenvalue weighted by Crippen LogP contribution is 2.18. The summed E-state index contributed by atoms with van der Waals surface area (Å²) < 4.78 is 31.1. The Kier molecular flexibility index (Phi) is 5.04. The average molecular weight is 291 g/mol. The molecule has 108 valence electrons. The lowest BCUT2D eigenvalue weighted by Gasteiger charge is -2.14. The minimum atomic E-state index is -3.98. The van der Waals surface area contributed by atoms with Crippen molar-refractivity contribution in [2.75, 3.05) is 13.1 Å². The van der Waals surface area contributed by atoms with Crippen LogP contribution in [0.3, 0.4) is 0 Å². The van der Waals surface area contributed by atoms with Gasteiger partial charge in [0.05, 0.1) is 0 Å². The fourth-order valence-electron chi connectivity index (χ4n) is 1.57. The summed E-state index contributed by atoms with van der Waals surface area (Å²) in [4.78, 5) is 10.9. The van der Waals surface area contributed by atoms with E-state index in [-0.39, 0.29) is 22.9 Å². The quantitative estimate of drug-likeness (QED) is 0.626. The number of aryl methyl sites for hydroxylation is 2. The van der Waals surface area contributed by atoms with Crippen LogP contribution in [0.5, 0.6) is 0 Å². The Labute approximate surface area is 111 Å². The number of nitrogens with zero attached hydrogens (tertiary/aromatic N) is 1. The van der Waals surface area contributed by atoms with Gasteiger partial charge in [0.1, 0.15) is 16.6 Å². The summed E-state index contributed by atoms with van der Waals surface area (Å²) in [5, 5.41) is 15.3. The van der Waals surface area contributed by atoms with Crippen molar-refractivity contribution in [1.29, 1.82) is 0 Å². The first kappa shape index (κ1) is 15.6. The average Bonchev–Trinajstić information content (AvgIpc) is 2.64. The van der Waals surface area contributed by atoms with Crippen molar-refractivity contribution in [2.24, 2.45) is 0 Å². The lowest BCUT2D eigenvalue weighted by Crippen LogP contribution is -2.47. The van der Waals surface area contributed by atoms with Crippen molar-refractivity contribution in [3.8, 4) is 0 Å². The molecule has 0 radical (unpaired) electrons. The van der Waals surface area contributed by atoms with Crippen LogP contribution in [0.2, 0.25) is 0 Å². The van der Waals surface area contributed by atoms with Crippen LogP contribution in [0.1, 0.15) is 18.4 Å². The van der Waals surface area contributed by atoms with Crippen LogP contribution in [0.15, 0.2) is 9.42 Å². The summed E-state index contributed by atoms with van der Waals surface area (Å²) in [6.07, 6.45) is 0. The van der Waals surface area contributed by atoms with E-state index >= 15 is 0 Å². The van der Waals surface area contributed by atoms with Crippen LogP contribution in [0.4, 0.5) is 0 Å². The summed E-state index contributed by atoms with van der Waals surface area (Å²) in [6, 6.07) is -1.25. The topological polar surface area (TPSA) is 122 Å². The molecule has 8 nitrogen and oxygen atoms in total. The second-order valence-electron chi connectivity index (χ2n) is 3.97. The zero-order valence-electron chi connectivity index (χ0n) is 10.9. The van der Waals surface area contributed by atoms with Crippen LogP contribution < -0.4 is 10.0 Å². The Balaban J connectivity index is 2.98. The molecule has 19 heavy (non-hydrogen) atoms. The Morgan fingerprint density at radius 2 is 2.11 bits per heavy atom. The van der Waals surface area contributed by atoms with Gasteiger partial charge in [-0.25, -0.2) is 8.42 Å². The van der Waals surface area contributed by atoms with Gasteiger partial charge in [-0.2, -0.15) is 4.72 Å². The molecule has 0 aliphatic heterocycles. The van der Waals surface area contributed by atoms with Crippen molar-refractivity contribution in [2.45, 2.75) is 31.7 Å². The lowest BCUT2D eigenvalue weighted by atomic mass is 10.3. The number of aliphatic carboxylic acids is 1. The van der Waals surface area contributed by atoms with Crippen LogP contribution in [-0.2, 0) is 14.8 Å². The third-order valence-electron chi connectivity index (χ3n) is 2.43. The monoisotopic (exact) mass is 291 g/mol. The number of hydrogen-bond acceptors (Lipinski definition) is 6. The van der Waals surface area contributed by atoms with E-state index < -0.39 is 22.0 Å². The maximum atomic E-state index is 12.1. The van der Waals surface area contributed by atoms with Crippen LogP contribution >= 0.6 is 0 Å². The zero-order valence-corrected chi connectivity index (χ0v) is 11.7. The number of rotatable bonds is 7. The summed E-state index contributed by atoms with van der Waals surface area (Å²) in [7, 11) is -3.98. The number of sulfonamides is 1. The van der Waals surface area contributed by atoms with Crippen LogP contribution in [0.25, 0.3) is 0 Å². The highest BCUT2D eigenvalue weighted by Gasteiger charge is 2.29. The number of nitrogens with one attached hydrogen (secondary N) is 2. The van der Waals surface area contributed by atoms with E-state index in [1.54, 1.807) is 6.92 Å². The predicted octanol–water partition coefficient (Wildman–Crippen LogP) is -0.368. The Bertz CT molecular complexity index is 532. The number of aromatic nitrogens is 1. The number of carboxylic acid groups (broad SMARTS) is 1. The maximum Gasteiger partial charge on any atom is 0.323 e. The van der Waals surface area contributed by atoms with Crippen molar-refractivity contribution in [3.63, 3.8) is 0 Å². The second kappa shape index (κ2) is 6.13. The molecule has 3 N–H and O–H groups in total. The minimum Gasteiger partial charge on any atom is -0.480 e. The fraction of sp³-hybridized carbons (Fsp3) is 0.600. The van der Waals surface area contributed by atoms with Crippen molar-refractivity contribution >= 4 is 16.0 Å². The van der Waals surface area contributed by atoms with E-state index in [0.29, 0.717) is 6.54 Å². The van der Waals surface area contributed by atoms with Gasteiger partial charge in [-0.05, 0) is 20.4 Å². The van der Waals surface area contributed by atoms with Gasteiger partial charge in [-0.15, -0.1) is 0 Å². The largest absolute Gasteiger partial charge is 0.480 e. The maximum absolute atomic E-state index is 12.1. The molecule has 0 amide bonds. The summed E-state index contributed by atoms with van der Waals surface area (Å²) in [5.41, 5.74) is 0.192. The van der Waals surface area contributed by atoms with Gasteiger partial charge in [-0.1, -0.05) is 12.1 Å². The van der Waals surface area contributed by atoms with Gasteiger partial charge >= 0.3 is 5.97 Å². The van der Waals surface area contributed by atoms with Gasteiger partial charge in [-0.3, -0.25) is 4.79 Å². The number of carboxylic acids is 1. The molecule has 9 heteroatoms. The standard InChI is InChI=1S/C10H17N3O5S/c1-4-11-5-8(10(14)15)13-19(16,17)9-6(2)12-18-7(9)3/h8,11,13H,4-5H2,1-3H3,(H,14,15)/t8-/m0/s1. The van der Waals surface area contributed by atoms with E-state index in [0.717, 1.165) is 0 Å². The molecular weight excluding hydrogens is 274 g/mol. The predicted molar refractivity (Wildman–Crippen MR) is 66.3 cm³/mol. The van der Waals surface area contributed by atoms with Crippen molar-refractivity contribution in [3.05, 3.63) is 11.5 Å². The molecule has 0 saturated heterocycles. The summed E-state index contributed by atoms with van der Waals surface area (Å²) in [6.45, 7) is 5.26. The molecule has 0 aliphatic rings. The van der Waals surface area contributed by atoms with Crippen LogP contribution in [0, 0.1) is 13.8 Å². The van der Waals surface area contributed by atoms with Crippen molar-refractivity contribution < 1.29 is 22.8 Å². The Hall–Kier alpha value is -1.45. The number of carbonyl (C=O) groups is 1. The van der Waals surface area contributed by atoms with Gasteiger partial charge in [0.25, 0.3) is 0 Å². The van der Waals surface area contributed by atoms with E-state index in [1.165, 1.54) is 13.8 Å².